The number of nitrogens with two attached hydrogens (primary N) is 1. The number of ether oxygens (including phenoxy) is 1. The van der Waals surface area contributed by atoms with Crippen LogP contribution in [0.5, 0.6) is 0 Å². The van der Waals surface area contributed by atoms with E-state index >= 15 is 0 Å². The molecule has 2 heterocycles. The van der Waals surface area contributed by atoms with E-state index in [1.54, 1.807) is 24.8 Å². The van der Waals surface area contributed by atoms with Crippen LogP contribution >= 0.6 is 0 Å². The van der Waals surface area contributed by atoms with Gasteiger partial charge in [-0.15, -0.1) is 0 Å². The molecule has 1 saturated heterocycles. The number of hydrogen-bond acceptors (Lipinski definition) is 7. The maximum Gasteiger partial charge on any atom is 0.416 e. The minimum Gasteiger partial charge on any atom is -0.399 e. The average Bonchev–Trinajstić information content (AvgIpc) is 2.82. The molecule has 0 aliphatic carbocycles. The van der Waals surface area contributed by atoms with Gasteiger partial charge >= 0.3 is 6.18 Å². The lowest BCUT2D eigenvalue weighted by molar-refractivity contribution is -0.137. The molecular weight excluding hydrogens is 473 g/mol. The van der Waals surface area contributed by atoms with Crippen LogP contribution in [0.15, 0.2) is 30.3 Å². The van der Waals surface area contributed by atoms with Crippen molar-refractivity contribution in [1.82, 2.24) is 14.9 Å². The Labute approximate surface area is 207 Å². The van der Waals surface area contributed by atoms with Gasteiger partial charge in [-0.1, -0.05) is 0 Å². The van der Waals surface area contributed by atoms with E-state index in [2.05, 4.69) is 15.3 Å². The van der Waals surface area contributed by atoms with E-state index in [9.17, 15) is 18.0 Å². The first-order valence-electron chi connectivity index (χ1n) is 11.5. The molecule has 0 spiro atoms. The lowest BCUT2D eigenvalue weighted by atomic mass is 10.0. The number of amides is 1. The van der Waals surface area contributed by atoms with Crippen LogP contribution in [0.2, 0.25) is 0 Å². The zero-order valence-electron chi connectivity index (χ0n) is 20.6. The third-order valence-electron chi connectivity index (χ3n) is 6.09. The summed E-state index contributed by atoms with van der Waals surface area (Å²) >= 11 is 0. The van der Waals surface area contributed by atoms with Crippen molar-refractivity contribution in [3.05, 3.63) is 52.8 Å². The van der Waals surface area contributed by atoms with E-state index in [1.807, 2.05) is 25.1 Å². The van der Waals surface area contributed by atoms with Crippen LogP contribution in [-0.2, 0) is 10.9 Å². The molecule has 8 nitrogen and oxygen atoms in total. The molecule has 1 aliphatic rings. The summed E-state index contributed by atoms with van der Waals surface area (Å²) in [6.07, 6.45) is -4.51. The minimum absolute atomic E-state index is 0.0263. The molecule has 0 saturated carbocycles. The van der Waals surface area contributed by atoms with Gasteiger partial charge in [-0.25, -0.2) is 9.97 Å². The SMILES string of the molecule is Cc1nc(NC(C)c2cc(N)cc(C(F)(F)F)c2)c2cc(N(C)C)c(C(=O)N3CCOCC3)cc2n1. The van der Waals surface area contributed by atoms with Gasteiger partial charge in [-0.2, -0.15) is 13.2 Å². The standard InChI is InChI=1S/C25H29F3N6O2/c1-14(16-9-17(25(26,27)28)11-18(29)10-16)30-23-19-13-22(33(3)4)20(12-21(19)31-15(2)32-23)24(35)34-5-7-36-8-6-34/h9-14H,5-8,29H2,1-4H3,(H,30,31,32). The van der Waals surface area contributed by atoms with E-state index in [-0.39, 0.29) is 11.6 Å². The normalized spacial score (nSPS) is 15.1. The number of carbonyl (C=O) groups is 1. The summed E-state index contributed by atoms with van der Waals surface area (Å²) in [5.74, 6) is 0.806. The van der Waals surface area contributed by atoms with Crippen LogP contribution in [0.3, 0.4) is 0 Å². The molecule has 1 aromatic heterocycles. The second-order valence-electron chi connectivity index (χ2n) is 9.06. The predicted molar refractivity (Wildman–Crippen MR) is 133 cm³/mol. The van der Waals surface area contributed by atoms with Crippen LogP contribution < -0.4 is 16.0 Å². The summed E-state index contributed by atoms with van der Waals surface area (Å²) in [6, 6.07) is 6.54. The van der Waals surface area contributed by atoms with Gasteiger partial charge in [0.05, 0.1) is 35.9 Å². The Kier molecular flexibility index (Phi) is 6.94. The molecule has 1 amide bonds. The number of aromatic nitrogens is 2. The Balaban J connectivity index is 1.75. The first-order valence-corrected chi connectivity index (χ1v) is 11.5. The van der Waals surface area contributed by atoms with E-state index in [1.165, 1.54) is 6.07 Å². The molecule has 1 aliphatic heterocycles. The van der Waals surface area contributed by atoms with Gasteiger partial charge < -0.3 is 25.6 Å². The van der Waals surface area contributed by atoms with Crippen LogP contribution in [0.1, 0.15) is 40.3 Å². The van der Waals surface area contributed by atoms with Gasteiger partial charge in [0.1, 0.15) is 11.6 Å². The number of carbonyl (C=O) groups excluding carboxylic acids is 1. The van der Waals surface area contributed by atoms with Crippen molar-refractivity contribution in [2.75, 3.05) is 56.3 Å². The fourth-order valence-corrected chi connectivity index (χ4v) is 4.25. The number of anilines is 3. The lowest BCUT2D eigenvalue weighted by Crippen LogP contribution is -2.41. The number of nitrogens with zero attached hydrogens (tertiary/aromatic N) is 4. The second-order valence-corrected chi connectivity index (χ2v) is 9.06. The van der Waals surface area contributed by atoms with Gasteiger partial charge in [0.15, 0.2) is 0 Å². The van der Waals surface area contributed by atoms with E-state index in [0.29, 0.717) is 65.7 Å². The maximum absolute atomic E-state index is 13.3. The zero-order chi connectivity index (χ0) is 26.2. The number of hydrogen-bond donors (Lipinski definition) is 2. The zero-order valence-corrected chi connectivity index (χ0v) is 20.6. The fourth-order valence-electron chi connectivity index (χ4n) is 4.25. The van der Waals surface area contributed by atoms with Crippen molar-refractivity contribution in [1.29, 1.82) is 0 Å². The van der Waals surface area contributed by atoms with E-state index < -0.39 is 17.8 Å². The number of benzene rings is 2. The van der Waals surface area contributed by atoms with Crippen molar-refractivity contribution in [3.8, 4) is 0 Å². The monoisotopic (exact) mass is 502 g/mol. The van der Waals surface area contributed by atoms with Gasteiger partial charge in [0.2, 0.25) is 0 Å². The molecule has 2 aromatic carbocycles. The summed E-state index contributed by atoms with van der Waals surface area (Å²) in [5.41, 5.74) is 7.10. The van der Waals surface area contributed by atoms with Gasteiger partial charge in [-0.05, 0) is 49.7 Å². The number of nitrogens with one attached hydrogen (secondary N) is 1. The highest BCUT2D eigenvalue weighted by molar-refractivity contribution is 6.05. The Morgan fingerprint density at radius 3 is 2.47 bits per heavy atom. The van der Waals surface area contributed by atoms with Crippen LogP contribution in [-0.4, -0.2) is 61.2 Å². The van der Waals surface area contributed by atoms with Gasteiger partial charge in [-0.3, -0.25) is 4.79 Å². The average molecular weight is 503 g/mol. The second kappa shape index (κ2) is 9.81. The van der Waals surface area contributed by atoms with Crippen LogP contribution in [0.4, 0.5) is 30.4 Å². The Hall–Kier alpha value is -3.60. The Bertz CT molecular complexity index is 1290. The summed E-state index contributed by atoms with van der Waals surface area (Å²) in [5, 5.41) is 3.87. The third-order valence-corrected chi connectivity index (χ3v) is 6.09. The number of morpholine rings is 1. The van der Waals surface area contributed by atoms with Crippen molar-refractivity contribution < 1.29 is 22.7 Å². The molecule has 1 atom stereocenters. The van der Waals surface area contributed by atoms with Crippen molar-refractivity contribution in [2.45, 2.75) is 26.1 Å². The third kappa shape index (κ3) is 5.30. The topological polar surface area (TPSA) is 96.6 Å². The maximum atomic E-state index is 13.3. The Morgan fingerprint density at radius 1 is 1.14 bits per heavy atom. The van der Waals surface area contributed by atoms with Crippen molar-refractivity contribution in [3.63, 3.8) is 0 Å². The molecule has 192 valence electrons. The van der Waals surface area contributed by atoms with Crippen LogP contribution in [0.25, 0.3) is 10.9 Å². The molecule has 3 N–H and O–H groups in total. The van der Waals surface area contributed by atoms with E-state index in [4.69, 9.17) is 10.5 Å². The highest BCUT2D eigenvalue weighted by Gasteiger charge is 2.31. The molecule has 1 unspecified atom stereocenters. The predicted octanol–water partition coefficient (Wildman–Crippen LogP) is 4.25. The Morgan fingerprint density at radius 2 is 1.83 bits per heavy atom. The summed E-state index contributed by atoms with van der Waals surface area (Å²) < 4.78 is 45.3. The highest BCUT2D eigenvalue weighted by Crippen LogP contribution is 2.35. The minimum atomic E-state index is -4.51. The smallest absolute Gasteiger partial charge is 0.399 e. The fraction of sp³-hybridized carbons (Fsp3) is 0.400. The first kappa shape index (κ1) is 25.5. The number of aryl methyl sites for hydroxylation is 1. The number of nitrogen functional groups attached to an aromatic ring is 1. The number of fused-ring (bicyclic) bond motifs is 1. The highest BCUT2D eigenvalue weighted by atomic mass is 19.4. The quantitative estimate of drug-likeness (QED) is 0.504. The lowest BCUT2D eigenvalue weighted by Gasteiger charge is -2.29. The van der Waals surface area contributed by atoms with Gasteiger partial charge in [0, 0.05) is 43.9 Å². The molecule has 1 fully saturated rings. The summed E-state index contributed by atoms with van der Waals surface area (Å²) in [4.78, 5) is 26.0. The molecule has 4 rings (SSSR count). The van der Waals surface area contributed by atoms with E-state index in [0.717, 1.165) is 12.1 Å². The molecule has 11 heteroatoms. The van der Waals surface area contributed by atoms with Gasteiger partial charge in [0.25, 0.3) is 5.91 Å². The molecule has 0 radical (unpaired) electrons. The van der Waals surface area contributed by atoms with Crippen molar-refractivity contribution in [2.24, 2.45) is 0 Å². The number of alkyl halides is 3. The summed E-state index contributed by atoms with van der Waals surface area (Å²) in [7, 11) is 3.68. The first-order chi connectivity index (χ1) is 16.9. The number of halogens is 3. The van der Waals surface area contributed by atoms with Crippen LogP contribution in [0, 0.1) is 6.92 Å². The van der Waals surface area contributed by atoms with Crippen molar-refractivity contribution >= 4 is 34.0 Å². The summed E-state index contributed by atoms with van der Waals surface area (Å²) in [6.45, 7) is 5.46. The largest absolute Gasteiger partial charge is 0.416 e. The molecule has 0 bridgehead atoms. The molecule has 3 aromatic rings. The molecular formula is C25H29F3N6O2. The molecule has 36 heavy (non-hydrogen) atoms. The number of rotatable bonds is 5.